The second kappa shape index (κ2) is 4.75. The Morgan fingerprint density at radius 1 is 1.05 bits per heavy atom. The second-order valence-electron chi connectivity index (χ2n) is 4.04. The van der Waals surface area contributed by atoms with Crippen LogP contribution in [0.25, 0.3) is 11.0 Å². The molecular formula is C12H6ClF3N4. The van der Waals surface area contributed by atoms with Crippen molar-refractivity contribution in [1.29, 1.82) is 0 Å². The van der Waals surface area contributed by atoms with Gasteiger partial charge in [-0.05, 0) is 11.6 Å². The lowest BCUT2D eigenvalue weighted by Gasteiger charge is -2.04. The van der Waals surface area contributed by atoms with Gasteiger partial charge in [0.2, 0.25) is 5.28 Å². The fourth-order valence-corrected chi connectivity index (χ4v) is 2.07. The predicted molar refractivity (Wildman–Crippen MR) is 65.8 cm³/mol. The first kappa shape index (κ1) is 12.9. The molecule has 3 aromatic rings. The number of imidazole rings is 1. The molecule has 2 heterocycles. The smallest absolute Gasteiger partial charge is 0.204 e. The number of hydrogen-bond acceptors (Lipinski definition) is 3. The van der Waals surface area contributed by atoms with Crippen LogP contribution in [0.15, 0.2) is 24.5 Å². The number of fused-ring (bicyclic) bond motifs is 1. The fraction of sp³-hybridized carbons (Fsp3) is 0.0833. The van der Waals surface area contributed by atoms with Gasteiger partial charge in [0, 0.05) is 12.1 Å². The van der Waals surface area contributed by atoms with E-state index in [1.165, 1.54) is 4.57 Å². The summed E-state index contributed by atoms with van der Waals surface area (Å²) in [6, 6.07) is 1.84. The molecular weight excluding hydrogens is 293 g/mol. The van der Waals surface area contributed by atoms with E-state index in [2.05, 4.69) is 15.0 Å². The van der Waals surface area contributed by atoms with Crippen LogP contribution in [0.5, 0.6) is 0 Å². The van der Waals surface area contributed by atoms with E-state index in [0.717, 1.165) is 24.5 Å². The molecule has 0 amide bonds. The molecule has 0 radical (unpaired) electrons. The molecule has 0 bridgehead atoms. The van der Waals surface area contributed by atoms with Crippen molar-refractivity contribution in [2.45, 2.75) is 6.54 Å². The van der Waals surface area contributed by atoms with Crippen LogP contribution in [0, 0.1) is 17.5 Å². The van der Waals surface area contributed by atoms with Crippen molar-refractivity contribution < 1.29 is 13.2 Å². The highest BCUT2D eigenvalue weighted by Crippen LogP contribution is 2.24. The van der Waals surface area contributed by atoms with E-state index in [-0.39, 0.29) is 28.7 Å². The van der Waals surface area contributed by atoms with Crippen LogP contribution in [0.4, 0.5) is 13.2 Å². The van der Waals surface area contributed by atoms with Crippen molar-refractivity contribution in [3.63, 3.8) is 0 Å². The number of nitrogens with zero attached hydrogens (tertiary/aromatic N) is 4. The summed E-state index contributed by atoms with van der Waals surface area (Å²) in [5.74, 6) is -1.88. The van der Waals surface area contributed by atoms with Gasteiger partial charge >= 0.3 is 0 Å². The SMILES string of the molecule is Fc1cnc(Cn2c(Cl)nc3c(F)cc(F)cc32)nc1. The van der Waals surface area contributed by atoms with Crippen LogP contribution in [0.2, 0.25) is 5.28 Å². The molecule has 1 aromatic carbocycles. The summed E-state index contributed by atoms with van der Waals surface area (Å²) in [6.45, 7) is 0.0263. The maximum Gasteiger partial charge on any atom is 0.204 e. The van der Waals surface area contributed by atoms with E-state index >= 15 is 0 Å². The fourth-order valence-electron chi connectivity index (χ4n) is 1.83. The van der Waals surface area contributed by atoms with Gasteiger partial charge < -0.3 is 4.57 Å². The largest absolute Gasteiger partial charge is 0.307 e. The topological polar surface area (TPSA) is 43.6 Å². The van der Waals surface area contributed by atoms with Gasteiger partial charge in [0.15, 0.2) is 11.6 Å². The molecule has 0 saturated heterocycles. The van der Waals surface area contributed by atoms with Gasteiger partial charge in [-0.25, -0.2) is 28.1 Å². The molecule has 0 N–H and O–H groups in total. The highest BCUT2D eigenvalue weighted by Gasteiger charge is 2.15. The van der Waals surface area contributed by atoms with Gasteiger partial charge in [-0.1, -0.05) is 0 Å². The van der Waals surface area contributed by atoms with Crippen LogP contribution < -0.4 is 0 Å². The average molecular weight is 299 g/mol. The molecule has 0 unspecified atom stereocenters. The Kier molecular flexibility index (Phi) is 3.06. The molecule has 8 heteroatoms. The Morgan fingerprint density at radius 3 is 2.45 bits per heavy atom. The molecule has 102 valence electrons. The summed E-state index contributed by atoms with van der Waals surface area (Å²) in [5.41, 5.74) is 0.138. The van der Waals surface area contributed by atoms with E-state index in [4.69, 9.17) is 11.6 Å². The Morgan fingerprint density at radius 2 is 1.75 bits per heavy atom. The molecule has 3 rings (SSSR count). The monoisotopic (exact) mass is 298 g/mol. The summed E-state index contributed by atoms with van der Waals surface area (Å²) in [7, 11) is 0. The predicted octanol–water partition coefficient (Wildman–Crippen LogP) is 2.95. The summed E-state index contributed by atoms with van der Waals surface area (Å²) in [6.07, 6.45) is 1.99. The summed E-state index contributed by atoms with van der Waals surface area (Å²) >= 11 is 5.91. The zero-order valence-corrected chi connectivity index (χ0v) is 10.6. The molecule has 0 aliphatic heterocycles. The molecule has 0 aliphatic rings. The molecule has 0 fully saturated rings. The molecule has 4 nitrogen and oxygen atoms in total. The molecule has 2 aromatic heterocycles. The molecule has 20 heavy (non-hydrogen) atoms. The van der Waals surface area contributed by atoms with Crippen LogP contribution >= 0.6 is 11.6 Å². The molecule has 0 aliphatic carbocycles. The van der Waals surface area contributed by atoms with Gasteiger partial charge in [-0.3, -0.25) is 0 Å². The highest BCUT2D eigenvalue weighted by atomic mass is 35.5. The minimum atomic E-state index is -0.805. The zero-order valence-electron chi connectivity index (χ0n) is 9.82. The van der Waals surface area contributed by atoms with E-state index < -0.39 is 17.5 Å². The third kappa shape index (κ3) is 2.20. The number of benzene rings is 1. The Bertz CT molecular complexity index is 785. The lowest BCUT2D eigenvalue weighted by molar-refractivity contribution is 0.589. The Hall–Kier alpha value is -2.15. The van der Waals surface area contributed by atoms with Crippen molar-refractivity contribution in [2.24, 2.45) is 0 Å². The lowest BCUT2D eigenvalue weighted by Crippen LogP contribution is -2.04. The van der Waals surface area contributed by atoms with Crippen LogP contribution in [-0.4, -0.2) is 19.5 Å². The van der Waals surface area contributed by atoms with Gasteiger partial charge in [0.25, 0.3) is 0 Å². The first-order valence-corrected chi connectivity index (χ1v) is 5.89. The van der Waals surface area contributed by atoms with E-state index in [1.54, 1.807) is 0 Å². The first-order chi connectivity index (χ1) is 9.54. The van der Waals surface area contributed by atoms with Gasteiger partial charge in [-0.2, -0.15) is 0 Å². The van der Waals surface area contributed by atoms with Crippen LogP contribution in [0.1, 0.15) is 5.82 Å². The average Bonchev–Trinajstić information content (AvgIpc) is 2.70. The molecule has 0 spiro atoms. The number of halogens is 4. The third-order valence-corrected chi connectivity index (χ3v) is 2.99. The quantitative estimate of drug-likeness (QED) is 0.730. The summed E-state index contributed by atoms with van der Waals surface area (Å²) < 4.78 is 40.9. The highest BCUT2D eigenvalue weighted by molar-refractivity contribution is 6.29. The van der Waals surface area contributed by atoms with Crippen LogP contribution in [0.3, 0.4) is 0 Å². The minimum Gasteiger partial charge on any atom is -0.307 e. The third-order valence-electron chi connectivity index (χ3n) is 2.70. The first-order valence-electron chi connectivity index (χ1n) is 5.52. The van der Waals surface area contributed by atoms with E-state index in [1.807, 2.05) is 0 Å². The Labute approximate surface area is 115 Å². The zero-order chi connectivity index (χ0) is 14.3. The minimum absolute atomic E-state index is 0.0263. The normalized spacial score (nSPS) is 11.2. The molecule has 0 saturated carbocycles. The van der Waals surface area contributed by atoms with Crippen LogP contribution in [-0.2, 0) is 6.54 Å². The van der Waals surface area contributed by atoms with Gasteiger partial charge in [0.05, 0.1) is 24.5 Å². The maximum atomic E-state index is 13.6. The van der Waals surface area contributed by atoms with Gasteiger partial charge in [0.1, 0.15) is 17.2 Å². The van der Waals surface area contributed by atoms with Crippen molar-refractivity contribution in [2.75, 3.05) is 0 Å². The van der Waals surface area contributed by atoms with Gasteiger partial charge in [-0.15, -0.1) is 0 Å². The second-order valence-corrected chi connectivity index (χ2v) is 4.38. The number of rotatable bonds is 2. The molecule has 0 atom stereocenters. The maximum absolute atomic E-state index is 13.6. The Balaban J connectivity index is 2.11. The lowest BCUT2D eigenvalue weighted by atomic mass is 10.3. The van der Waals surface area contributed by atoms with Crippen molar-refractivity contribution in [1.82, 2.24) is 19.5 Å². The van der Waals surface area contributed by atoms with Crippen molar-refractivity contribution >= 4 is 22.6 Å². The van der Waals surface area contributed by atoms with E-state index in [0.29, 0.717) is 0 Å². The van der Waals surface area contributed by atoms with Crippen molar-refractivity contribution in [3.05, 3.63) is 53.1 Å². The number of aromatic nitrogens is 4. The number of hydrogen-bond donors (Lipinski definition) is 0. The summed E-state index contributed by atoms with van der Waals surface area (Å²) in [4.78, 5) is 11.4. The standard InChI is InChI=1S/C12H6ClF3N4/c13-12-19-11-8(16)1-6(14)2-9(11)20(12)5-10-17-3-7(15)4-18-10/h1-4H,5H2. The van der Waals surface area contributed by atoms with Crippen molar-refractivity contribution in [3.8, 4) is 0 Å². The summed E-state index contributed by atoms with van der Waals surface area (Å²) in [5, 5.41) is -0.0302. The van der Waals surface area contributed by atoms with E-state index in [9.17, 15) is 13.2 Å².